The molecule has 0 radical (unpaired) electrons. The monoisotopic (exact) mass is 288 g/mol. The van der Waals surface area contributed by atoms with Gasteiger partial charge in [-0.15, -0.1) is 0 Å². The highest BCUT2D eigenvalue weighted by Gasteiger charge is 2.38. The Morgan fingerprint density at radius 2 is 1.82 bits per heavy atom. The molecule has 2 aromatic rings. The molecule has 2 aromatic carbocycles. The summed E-state index contributed by atoms with van der Waals surface area (Å²) in [6, 6.07) is 12.6. The van der Waals surface area contributed by atoms with Gasteiger partial charge in [-0.3, -0.25) is 0 Å². The van der Waals surface area contributed by atoms with Crippen molar-refractivity contribution in [3.63, 3.8) is 0 Å². The lowest BCUT2D eigenvalue weighted by molar-refractivity contribution is -0.115. The van der Waals surface area contributed by atoms with Crippen LogP contribution in [0.4, 0.5) is 0 Å². The highest BCUT2D eigenvalue weighted by molar-refractivity contribution is 9.10. The summed E-state index contributed by atoms with van der Waals surface area (Å²) < 4.78 is 1.08. The molecule has 0 unspecified atom stereocenters. The fraction of sp³-hybridized carbons (Fsp3) is 0.267. The molecule has 0 heterocycles. The molecule has 0 aromatic heterocycles. The molecular weight excluding hydrogens is 276 g/mol. The highest BCUT2D eigenvalue weighted by Crippen LogP contribution is 2.42. The largest absolute Gasteiger partial charge is 0.302 e. The van der Waals surface area contributed by atoms with Crippen molar-refractivity contribution < 1.29 is 4.79 Å². The van der Waals surface area contributed by atoms with E-state index in [4.69, 9.17) is 0 Å². The minimum atomic E-state index is -0.198. The first-order valence-electron chi connectivity index (χ1n) is 5.90. The van der Waals surface area contributed by atoms with Crippen LogP contribution < -0.4 is 0 Å². The van der Waals surface area contributed by atoms with E-state index in [0.717, 1.165) is 30.0 Å². The quantitative estimate of drug-likeness (QED) is 0.756. The lowest BCUT2D eigenvalue weighted by Gasteiger charge is -2.37. The van der Waals surface area contributed by atoms with E-state index in [-0.39, 0.29) is 5.41 Å². The van der Waals surface area contributed by atoms with Crippen LogP contribution in [-0.4, -0.2) is 6.29 Å². The molecule has 1 fully saturated rings. The summed E-state index contributed by atoms with van der Waals surface area (Å²) in [6.45, 7) is 0. The highest BCUT2D eigenvalue weighted by atomic mass is 79.9. The van der Waals surface area contributed by atoms with E-state index in [0.29, 0.717) is 0 Å². The van der Waals surface area contributed by atoms with Crippen LogP contribution in [0.3, 0.4) is 0 Å². The second-order valence-corrected chi connectivity index (χ2v) is 5.75. The summed E-state index contributed by atoms with van der Waals surface area (Å²) in [5.74, 6) is 0. The molecule has 2 heteroatoms. The SMILES string of the molecule is O=CC1(c2ccc3ccc(Br)cc3c2)CCC1. The average molecular weight is 289 g/mol. The van der Waals surface area contributed by atoms with Crippen LogP contribution in [-0.2, 0) is 10.2 Å². The third-order valence-electron chi connectivity index (χ3n) is 3.85. The van der Waals surface area contributed by atoms with E-state index >= 15 is 0 Å². The molecule has 0 bridgehead atoms. The average Bonchev–Trinajstić information content (AvgIpc) is 2.28. The third-order valence-corrected chi connectivity index (χ3v) is 4.34. The molecule has 3 rings (SSSR count). The first-order valence-corrected chi connectivity index (χ1v) is 6.69. The number of carbonyl (C=O) groups excluding carboxylic acids is 1. The van der Waals surface area contributed by atoms with E-state index in [1.807, 2.05) is 6.07 Å². The van der Waals surface area contributed by atoms with Crippen LogP contribution in [0.5, 0.6) is 0 Å². The second kappa shape index (κ2) is 3.95. The molecule has 86 valence electrons. The summed E-state index contributed by atoms with van der Waals surface area (Å²) in [5, 5.41) is 2.42. The van der Waals surface area contributed by atoms with Gasteiger partial charge >= 0.3 is 0 Å². The Morgan fingerprint density at radius 1 is 1.06 bits per heavy atom. The molecule has 1 aliphatic carbocycles. The molecule has 1 aliphatic rings. The first-order chi connectivity index (χ1) is 8.23. The van der Waals surface area contributed by atoms with Crippen LogP contribution >= 0.6 is 15.9 Å². The zero-order valence-electron chi connectivity index (χ0n) is 9.45. The standard InChI is InChI=1S/C15H13BrO/c16-14-5-3-11-2-4-13(8-12(11)9-14)15(10-17)6-1-7-15/h2-5,8-10H,1,6-7H2. The Morgan fingerprint density at radius 3 is 2.47 bits per heavy atom. The number of aldehydes is 1. The molecular formula is C15H13BrO. The van der Waals surface area contributed by atoms with Gasteiger partial charge < -0.3 is 4.79 Å². The van der Waals surface area contributed by atoms with Gasteiger partial charge in [0, 0.05) is 4.47 Å². The van der Waals surface area contributed by atoms with Gasteiger partial charge in [-0.2, -0.15) is 0 Å². The molecule has 0 N–H and O–H groups in total. The van der Waals surface area contributed by atoms with Crippen molar-refractivity contribution in [2.75, 3.05) is 0 Å². The molecule has 0 saturated heterocycles. The minimum absolute atomic E-state index is 0.198. The molecule has 1 saturated carbocycles. The van der Waals surface area contributed by atoms with Crippen LogP contribution in [0.2, 0.25) is 0 Å². The predicted molar refractivity (Wildman–Crippen MR) is 73.2 cm³/mol. The molecule has 0 atom stereocenters. The topological polar surface area (TPSA) is 17.1 Å². The first kappa shape index (κ1) is 11.0. The third kappa shape index (κ3) is 1.71. The number of hydrogen-bond acceptors (Lipinski definition) is 1. The molecule has 0 aliphatic heterocycles. The van der Waals surface area contributed by atoms with Gasteiger partial charge in [-0.05, 0) is 41.3 Å². The lowest BCUT2D eigenvalue weighted by atomic mass is 9.65. The van der Waals surface area contributed by atoms with E-state index in [2.05, 4.69) is 46.3 Å². The summed E-state index contributed by atoms with van der Waals surface area (Å²) in [4.78, 5) is 11.3. The molecule has 1 nitrogen and oxygen atoms in total. The Kier molecular flexibility index (Phi) is 2.55. The van der Waals surface area contributed by atoms with E-state index < -0.39 is 0 Å². The number of fused-ring (bicyclic) bond motifs is 1. The van der Waals surface area contributed by atoms with Crippen molar-refractivity contribution in [1.29, 1.82) is 0 Å². The Labute approximate surface area is 109 Å². The van der Waals surface area contributed by atoms with Crippen molar-refractivity contribution >= 4 is 33.0 Å². The fourth-order valence-electron chi connectivity index (χ4n) is 2.56. The summed E-state index contributed by atoms with van der Waals surface area (Å²) in [5.41, 5.74) is 0.973. The minimum Gasteiger partial charge on any atom is -0.302 e. The van der Waals surface area contributed by atoms with Crippen molar-refractivity contribution in [2.24, 2.45) is 0 Å². The number of benzene rings is 2. The zero-order chi connectivity index (χ0) is 11.9. The maximum Gasteiger partial charge on any atom is 0.130 e. The van der Waals surface area contributed by atoms with Crippen LogP contribution in [0.25, 0.3) is 10.8 Å². The maximum atomic E-state index is 11.3. The fourth-order valence-corrected chi connectivity index (χ4v) is 2.94. The van der Waals surface area contributed by atoms with E-state index in [1.165, 1.54) is 16.3 Å². The molecule has 0 spiro atoms. The van der Waals surface area contributed by atoms with Gasteiger partial charge in [0.15, 0.2) is 0 Å². The van der Waals surface area contributed by atoms with Crippen molar-refractivity contribution in [1.82, 2.24) is 0 Å². The lowest BCUT2D eigenvalue weighted by Crippen LogP contribution is -2.35. The number of carbonyl (C=O) groups is 1. The van der Waals surface area contributed by atoms with Crippen molar-refractivity contribution in [2.45, 2.75) is 24.7 Å². The van der Waals surface area contributed by atoms with Gasteiger partial charge in [0.1, 0.15) is 6.29 Å². The van der Waals surface area contributed by atoms with Gasteiger partial charge in [0.2, 0.25) is 0 Å². The Balaban J connectivity index is 2.15. The van der Waals surface area contributed by atoms with Gasteiger partial charge in [-0.1, -0.05) is 46.6 Å². The summed E-state index contributed by atoms with van der Waals surface area (Å²) >= 11 is 3.49. The van der Waals surface area contributed by atoms with Gasteiger partial charge in [-0.25, -0.2) is 0 Å². The summed E-state index contributed by atoms with van der Waals surface area (Å²) in [6.07, 6.45) is 4.29. The zero-order valence-corrected chi connectivity index (χ0v) is 11.0. The van der Waals surface area contributed by atoms with Crippen LogP contribution in [0, 0.1) is 0 Å². The van der Waals surface area contributed by atoms with Gasteiger partial charge in [0.25, 0.3) is 0 Å². The Hall–Kier alpha value is -1.15. The van der Waals surface area contributed by atoms with Gasteiger partial charge in [0.05, 0.1) is 5.41 Å². The number of rotatable bonds is 2. The Bertz CT molecular complexity index is 584. The molecule has 0 amide bonds. The van der Waals surface area contributed by atoms with E-state index in [1.54, 1.807) is 0 Å². The van der Waals surface area contributed by atoms with Crippen molar-refractivity contribution in [3.05, 3.63) is 46.4 Å². The number of hydrogen-bond donors (Lipinski definition) is 0. The van der Waals surface area contributed by atoms with E-state index in [9.17, 15) is 4.79 Å². The van der Waals surface area contributed by atoms with Crippen LogP contribution in [0.1, 0.15) is 24.8 Å². The number of halogens is 1. The second-order valence-electron chi connectivity index (χ2n) is 4.83. The summed E-state index contributed by atoms with van der Waals surface area (Å²) in [7, 11) is 0. The smallest absolute Gasteiger partial charge is 0.130 e. The van der Waals surface area contributed by atoms with Crippen LogP contribution in [0.15, 0.2) is 40.9 Å². The van der Waals surface area contributed by atoms with Crippen molar-refractivity contribution in [3.8, 4) is 0 Å². The predicted octanol–water partition coefficient (Wildman–Crippen LogP) is 4.22. The molecule has 17 heavy (non-hydrogen) atoms. The normalized spacial score (nSPS) is 17.7. The maximum absolute atomic E-state index is 11.3.